The molecule has 1 heterocycles. The Morgan fingerprint density at radius 2 is 2.17 bits per heavy atom. The van der Waals surface area contributed by atoms with Crippen LogP contribution in [0.5, 0.6) is 0 Å². The highest BCUT2D eigenvalue weighted by molar-refractivity contribution is 5.80. The van der Waals surface area contributed by atoms with Gasteiger partial charge in [-0.3, -0.25) is 0 Å². The van der Waals surface area contributed by atoms with Crippen LogP contribution in [0.15, 0.2) is 42.6 Å². The van der Waals surface area contributed by atoms with Crippen molar-refractivity contribution >= 4 is 10.9 Å². The third-order valence-corrected chi connectivity index (χ3v) is 3.03. The van der Waals surface area contributed by atoms with E-state index in [0.717, 1.165) is 19.6 Å². The molecule has 0 radical (unpaired) electrons. The second-order valence-corrected chi connectivity index (χ2v) is 4.97. The molecule has 2 nitrogen and oxygen atoms in total. The van der Waals surface area contributed by atoms with Crippen LogP contribution in [-0.2, 0) is 13.1 Å². The minimum Gasteiger partial charge on any atom is -0.343 e. The van der Waals surface area contributed by atoms with Gasteiger partial charge in [-0.05, 0) is 43.0 Å². The molecule has 18 heavy (non-hydrogen) atoms. The Labute approximate surface area is 109 Å². The maximum absolute atomic E-state index is 3.99. The number of benzene rings is 1. The van der Waals surface area contributed by atoms with Crippen molar-refractivity contribution in [2.24, 2.45) is 0 Å². The van der Waals surface area contributed by atoms with E-state index in [2.05, 4.69) is 60.8 Å². The highest BCUT2D eigenvalue weighted by Gasteiger charge is 2.02. The van der Waals surface area contributed by atoms with Crippen molar-refractivity contribution in [1.29, 1.82) is 0 Å². The van der Waals surface area contributed by atoms with Crippen LogP contribution in [-0.4, -0.2) is 11.1 Å². The lowest BCUT2D eigenvalue weighted by Crippen LogP contribution is -2.13. The van der Waals surface area contributed by atoms with Crippen LogP contribution in [0.4, 0.5) is 0 Å². The number of fused-ring (bicyclic) bond motifs is 1. The van der Waals surface area contributed by atoms with Gasteiger partial charge in [0.05, 0.1) is 0 Å². The Bertz CT molecular complexity index is 537. The summed E-state index contributed by atoms with van der Waals surface area (Å²) in [5, 5.41) is 4.74. The van der Waals surface area contributed by atoms with Crippen LogP contribution < -0.4 is 5.32 Å². The molecule has 0 saturated carbocycles. The van der Waals surface area contributed by atoms with E-state index in [-0.39, 0.29) is 0 Å². The molecule has 0 spiro atoms. The maximum atomic E-state index is 3.99. The number of hydrogen-bond donors (Lipinski definition) is 1. The smallest absolute Gasteiger partial charge is 0.0486 e. The summed E-state index contributed by atoms with van der Waals surface area (Å²) in [5.74, 6) is 0. The lowest BCUT2D eigenvalue weighted by Gasteiger charge is -2.07. The van der Waals surface area contributed by atoms with Gasteiger partial charge < -0.3 is 9.88 Å². The van der Waals surface area contributed by atoms with E-state index in [4.69, 9.17) is 0 Å². The zero-order chi connectivity index (χ0) is 13.0. The number of allylic oxidation sites excluding steroid dienone is 1. The SMILES string of the molecule is C=C(C)Cn1ccc2ccc(CNCCC)cc21. The Morgan fingerprint density at radius 1 is 1.33 bits per heavy atom. The summed E-state index contributed by atoms with van der Waals surface area (Å²) in [5.41, 5.74) is 3.83. The molecule has 0 bridgehead atoms. The fourth-order valence-electron chi connectivity index (χ4n) is 2.18. The Morgan fingerprint density at radius 3 is 2.89 bits per heavy atom. The molecule has 0 aliphatic heterocycles. The molecule has 96 valence electrons. The number of aromatic nitrogens is 1. The average molecular weight is 242 g/mol. The standard InChI is InChI=1S/C16H22N2/c1-4-8-17-11-14-5-6-15-7-9-18(12-13(2)3)16(15)10-14/h5-7,9-10,17H,2,4,8,11-12H2,1,3H3. The van der Waals surface area contributed by atoms with E-state index < -0.39 is 0 Å². The van der Waals surface area contributed by atoms with Gasteiger partial charge in [0.1, 0.15) is 0 Å². The van der Waals surface area contributed by atoms with E-state index in [1.165, 1.54) is 28.5 Å². The summed E-state index contributed by atoms with van der Waals surface area (Å²) in [7, 11) is 0. The van der Waals surface area contributed by atoms with Crippen molar-refractivity contribution in [2.45, 2.75) is 33.4 Å². The minimum absolute atomic E-state index is 0.898. The van der Waals surface area contributed by atoms with E-state index >= 15 is 0 Å². The molecule has 2 aromatic rings. The lowest BCUT2D eigenvalue weighted by molar-refractivity contribution is 0.675. The van der Waals surface area contributed by atoms with Gasteiger partial charge in [-0.15, -0.1) is 0 Å². The summed E-state index contributed by atoms with van der Waals surface area (Å²) >= 11 is 0. The van der Waals surface area contributed by atoms with Crippen molar-refractivity contribution in [2.75, 3.05) is 6.54 Å². The normalized spacial score (nSPS) is 11.0. The largest absolute Gasteiger partial charge is 0.343 e. The molecular formula is C16H22N2. The van der Waals surface area contributed by atoms with Crippen LogP contribution in [0.1, 0.15) is 25.8 Å². The van der Waals surface area contributed by atoms with E-state index in [1.54, 1.807) is 0 Å². The Kier molecular flexibility index (Phi) is 4.21. The lowest BCUT2D eigenvalue weighted by atomic mass is 10.1. The predicted molar refractivity (Wildman–Crippen MR) is 78.7 cm³/mol. The van der Waals surface area contributed by atoms with Crippen molar-refractivity contribution in [1.82, 2.24) is 9.88 Å². The van der Waals surface area contributed by atoms with E-state index in [1.807, 2.05) is 0 Å². The first-order valence-electron chi connectivity index (χ1n) is 6.63. The first-order valence-corrected chi connectivity index (χ1v) is 6.63. The molecular weight excluding hydrogens is 220 g/mol. The molecule has 0 aliphatic rings. The second kappa shape index (κ2) is 5.87. The minimum atomic E-state index is 0.898. The first-order chi connectivity index (χ1) is 8.70. The average Bonchev–Trinajstić information content (AvgIpc) is 2.72. The van der Waals surface area contributed by atoms with Crippen molar-refractivity contribution in [3.05, 3.63) is 48.2 Å². The first kappa shape index (κ1) is 12.9. The van der Waals surface area contributed by atoms with Crippen molar-refractivity contribution in [3.8, 4) is 0 Å². The third-order valence-electron chi connectivity index (χ3n) is 3.03. The van der Waals surface area contributed by atoms with Crippen LogP contribution in [0, 0.1) is 0 Å². The molecule has 0 saturated heterocycles. The maximum Gasteiger partial charge on any atom is 0.0486 e. The molecule has 0 amide bonds. The van der Waals surface area contributed by atoms with E-state index in [0.29, 0.717) is 0 Å². The molecule has 0 fully saturated rings. The quantitative estimate of drug-likeness (QED) is 0.603. The number of hydrogen-bond acceptors (Lipinski definition) is 1. The highest BCUT2D eigenvalue weighted by Crippen LogP contribution is 2.18. The van der Waals surface area contributed by atoms with Gasteiger partial charge in [0.2, 0.25) is 0 Å². The summed E-state index contributed by atoms with van der Waals surface area (Å²) < 4.78 is 2.26. The predicted octanol–water partition coefficient (Wildman–Crippen LogP) is 3.72. The van der Waals surface area contributed by atoms with Gasteiger partial charge >= 0.3 is 0 Å². The van der Waals surface area contributed by atoms with Crippen LogP contribution in [0.3, 0.4) is 0 Å². The molecule has 1 aromatic carbocycles. The molecule has 0 aliphatic carbocycles. The topological polar surface area (TPSA) is 17.0 Å². The summed E-state index contributed by atoms with van der Waals surface area (Å²) in [4.78, 5) is 0. The van der Waals surface area contributed by atoms with Crippen LogP contribution in [0.25, 0.3) is 10.9 Å². The number of rotatable bonds is 6. The highest BCUT2D eigenvalue weighted by atomic mass is 14.9. The fraction of sp³-hybridized carbons (Fsp3) is 0.375. The van der Waals surface area contributed by atoms with Gasteiger partial charge in [-0.25, -0.2) is 0 Å². The monoisotopic (exact) mass is 242 g/mol. The Hall–Kier alpha value is -1.54. The van der Waals surface area contributed by atoms with Gasteiger partial charge in [-0.2, -0.15) is 0 Å². The van der Waals surface area contributed by atoms with Gasteiger partial charge in [0.15, 0.2) is 0 Å². The summed E-state index contributed by atoms with van der Waals surface area (Å²) in [6.07, 6.45) is 3.32. The number of nitrogens with one attached hydrogen (secondary N) is 1. The summed E-state index contributed by atoms with van der Waals surface area (Å²) in [6.45, 7) is 11.2. The molecule has 2 rings (SSSR count). The van der Waals surface area contributed by atoms with Gasteiger partial charge in [-0.1, -0.05) is 31.2 Å². The zero-order valence-corrected chi connectivity index (χ0v) is 11.4. The van der Waals surface area contributed by atoms with Crippen molar-refractivity contribution < 1.29 is 0 Å². The van der Waals surface area contributed by atoms with Gasteiger partial charge in [0, 0.05) is 24.8 Å². The van der Waals surface area contributed by atoms with Crippen LogP contribution in [0.2, 0.25) is 0 Å². The van der Waals surface area contributed by atoms with Gasteiger partial charge in [0.25, 0.3) is 0 Å². The molecule has 1 N–H and O–H groups in total. The zero-order valence-electron chi connectivity index (χ0n) is 11.4. The van der Waals surface area contributed by atoms with Crippen molar-refractivity contribution in [3.63, 3.8) is 0 Å². The second-order valence-electron chi connectivity index (χ2n) is 4.97. The molecule has 0 unspecified atom stereocenters. The Balaban J connectivity index is 2.21. The molecule has 1 aromatic heterocycles. The third kappa shape index (κ3) is 3.02. The summed E-state index contributed by atoms with van der Waals surface area (Å²) in [6, 6.07) is 8.85. The fourth-order valence-corrected chi connectivity index (χ4v) is 2.18. The van der Waals surface area contributed by atoms with Crippen LogP contribution >= 0.6 is 0 Å². The molecule has 0 atom stereocenters. The molecule has 2 heteroatoms. The van der Waals surface area contributed by atoms with E-state index in [9.17, 15) is 0 Å². The number of nitrogens with zero attached hydrogens (tertiary/aromatic N) is 1.